The zero-order valence-electron chi connectivity index (χ0n) is 19.5. The lowest BCUT2D eigenvalue weighted by Crippen LogP contribution is -2.26. The number of hydrogen-bond donors (Lipinski definition) is 1. The molecular formula is C24H31N5O4. The first-order valence-corrected chi connectivity index (χ1v) is 11.4. The highest BCUT2D eigenvalue weighted by molar-refractivity contribution is 5.88. The molecule has 1 N–H and O–H groups in total. The highest BCUT2D eigenvalue weighted by Gasteiger charge is 2.21. The van der Waals surface area contributed by atoms with E-state index < -0.39 is 0 Å². The second-order valence-electron chi connectivity index (χ2n) is 8.27. The van der Waals surface area contributed by atoms with Crippen LogP contribution in [-0.4, -0.2) is 48.3 Å². The molecule has 9 nitrogen and oxygen atoms in total. The molecule has 1 saturated heterocycles. The molecule has 9 heteroatoms. The highest BCUT2D eigenvalue weighted by Crippen LogP contribution is 2.29. The van der Waals surface area contributed by atoms with Crippen molar-refractivity contribution in [1.82, 2.24) is 20.4 Å². The molecule has 0 saturated carbocycles. The number of hydrogen-bond acceptors (Lipinski definition) is 8. The molecule has 0 aliphatic carbocycles. The van der Waals surface area contributed by atoms with E-state index in [1.54, 1.807) is 20.3 Å². The summed E-state index contributed by atoms with van der Waals surface area (Å²) in [6, 6.07) is 5.53. The van der Waals surface area contributed by atoms with Crippen LogP contribution in [0.4, 0.5) is 5.82 Å². The van der Waals surface area contributed by atoms with Crippen molar-refractivity contribution in [2.24, 2.45) is 0 Å². The normalized spacial score (nSPS) is 14.2. The fourth-order valence-electron chi connectivity index (χ4n) is 4.14. The molecule has 1 aliphatic rings. The van der Waals surface area contributed by atoms with Gasteiger partial charge in [0, 0.05) is 44.1 Å². The van der Waals surface area contributed by atoms with Gasteiger partial charge < -0.3 is 24.2 Å². The molecule has 1 aromatic carbocycles. The summed E-state index contributed by atoms with van der Waals surface area (Å²) in [6.45, 7) is 4.20. The first-order valence-electron chi connectivity index (χ1n) is 11.4. The monoisotopic (exact) mass is 453 g/mol. The molecule has 0 spiro atoms. The van der Waals surface area contributed by atoms with Crippen LogP contribution < -0.4 is 19.7 Å². The van der Waals surface area contributed by atoms with E-state index in [9.17, 15) is 4.79 Å². The average Bonchev–Trinajstić information content (AvgIpc) is 3.03. The van der Waals surface area contributed by atoms with Gasteiger partial charge in [-0.25, -0.2) is 4.98 Å². The van der Waals surface area contributed by atoms with E-state index in [4.69, 9.17) is 19.0 Å². The fourth-order valence-corrected chi connectivity index (χ4v) is 4.14. The van der Waals surface area contributed by atoms with Crippen LogP contribution in [0.25, 0.3) is 11.1 Å². The van der Waals surface area contributed by atoms with Gasteiger partial charge >= 0.3 is 0 Å². The summed E-state index contributed by atoms with van der Waals surface area (Å²) in [5.74, 6) is 2.76. The second kappa shape index (κ2) is 10.5. The van der Waals surface area contributed by atoms with E-state index in [-0.39, 0.29) is 12.3 Å². The summed E-state index contributed by atoms with van der Waals surface area (Å²) in [5, 5.41) is 7.92. The Labute approximate surface area is 193 Å². The molecule has 1 aliphatic heterocycles. The van der Waals surface area contributed by atoms with Crippen LogP contribution in [-0.2, 0) is 17.8 Å². The third kappa shape index (κ3) is 5.35. The first-order chi connectivity index (χ1) is 16.1. The smallest absolute Gasteiger partial charge is 0.263 e. The Bertz CT molecular complexity index is 1110. The maximum absolute atomic E-state index is 12.5. The van der Waals surface area contributed by atoms with Crippen molar-refractivity contribution in [2.75, 3.05) is 32.2 Å². The van der Waals surface area contributed by atoms with Crippen molar-refractivity contribution in [3.8, 4) is 11.5 Å². The molecule has 1 fully saturated rings. The Morgan fingerprint density at radius 1 is 1.12 bits per heavy atom. The SMILES string of the molecule is COc1ccc(CNC(=O)CCc2nc(N3CCCCCC3)c3c(C)noc3n2)c(OC)c1. The molecule has 176 valence electrons. The third-order valence-corrected chi connectivity index (χ3v) is 5.99. The van der Waals surface area contributed by atoms with Crippen LogP contribution in [0, 0.1) is 6.92 Å². The second-order valence-corrected chi connectivity index (χ2v) is 8.27. The van der Waals surface area contributed by atoms with Crippen molar-refractivity contribution >= 4 is 22.8 Å². The first kappa shape index (κ1) is 22.8. The van der Waals surface area contributed by atoms with Crippen LogP contribution in [0.3, 0.4) is 0 Å². The zero-order chi connectivity index (χ0) is 23.2. The van der Waals surface area contributed by atoms with Gasteiger partial charge in [-0.3, -0.25) is 4.79 Å². The number of ether oxygens (including phenoxy) is 2. The number of nitrogens with one attached hydrogen (secondary N) is 1. The maximum Gasteiger partial charge on any atom is 0.263 e. The molecular weight excluding hydrogens is 422 g/mol. The number of carbonyl (C=O) groups excluding carboxylic acids is 1. The molecule has 1 amide bonds. The van der Waals surface area contributed by atoms with Crippen LogP contribution in [0.15, 0.2) is 22.7 Å². The molecule has 2 aromatic heterocycles. The molecule has 0 unspecified atom stereocenters. The predicted octanol–water partition coefficient (Wildman–Crippen LogP) is 3.57. The lowest BCUT2D eigenvalue weighted by atomic mass is 10.2. The molecule has 0 atom stereocenters. The van der Waals surface area contributed by atoms with Crippen LogP contribution in [0.2, 0.25) is 0 Å². The number of rotatable bonds is 8. The number of aromatic nitrogens is 3. The minimum atomic E-state index is -0.0818. The number of carbonyl (C=O) groups is 1. The summed E-state index contributed by atoms with van der Waals surface area (Å²) >= 11 is 0. The van der Waals surface area contributed by atoms with Gasteiger partial charge in [0.25, 0.3) is 5.71 Å². The van der Waals surface area contributed by atoms with Crippen LogP contribution in [0.5, 0.6) is 11.5 Å². The molecule has 4 rings (SSSR count). The van der Waals surface area contributed by atoms with Crippen molar-refractivity contribution in [3.05, 3.63) is 35.3 Å². The number of nitrogens with zero attached hydrogens (tertiary/aromatic N) is 4. The van der Waals surface area contributed by atoms with E-state index in [2.05, 4.69) is 20.4 Å². The number of anilines is 1. The Balaban J connectivity index is 1.43. The van der Waals surface area contributed by atoms with Crippen LogP contribution in [0.1, 0.15) is 49.2 Å². The van der Waals surface area contributed by atoms with Gasteiger partial charge in [0.05, 0.1) is 19.9 Å². The Hall–Kier alpha value is -3.36. The molecule has 0 radical (unpaired) electrons. The predicted molar refractivity (Wildman–Crippen MR) is 125 cm³/mol. The Morgan fingerprint density at radius 3 is 2.64 bits per heavy atom. The van der Waals surface area contributed by atoms with E-state index in [0.717, 1.165) is 48.4 Å². The summed E-state index contributed by atoms with van der Waals surface area (Å²) in [5.41, 5.74) is 2.16. The third-order valence-electron chi connectivity index (χ3n) is 5.99. The maximum atomic E-state index is 12.5. The lowest BCUT2D eigenvalue weighted by Gasteiger charge is -2.22. The highest BCUT2D eigenvalue weighted by atomic mass is 16.5. The standard InChI is InChI=1S/C24H31N5O4/c1-16-22-23(29-12-6-4-5-7-13-29)26-20(27-24(22)33-28-16)10-11-21(30)25-15-17-8-9-18(31-2)14-19(17)32-3/h8-9,14H,4-7,10-13,15H2,1-3H3,(H,25,30). The van der Waals surface area contributed by atoms with Crippen molar-refractivity contribution < 1.29 is 18.8 Å². The van der Waals surface area contributed by atoms with Gasteiger partial charge in [-0.2, -0.15) is 4.98 Å². The molecule has 0 bridgehead atoms. The van der Waals surface area contributed by atoms with Gasteiger partial charge in [0.2, 0.25) is 5.91 Å². The summed E-state index contributed by atoms with van der Waals surface area (Å²) in [7, 11) is 3.20. The van der Waals surface area contributed by atoms with E-state index in [1.165, 1.54) is 12.8 Å². The number of methoxy groups -OCH3 is 2. The minimum absolute atomic E-state index is 0.0818. The molecule has 3 heterocycles. The van der Waals surface area contributed by atoms with Gasteiger partial charge in [0.1, 0.15) is 28.5 Å². The van der Waals surface area contributed by atoms with E-state index in [1.807, 2.05) is 19.1 Å². The van der Waals surface area contributed by atoms with Gasteiger partial charge in [0.15, 0.2) is 0 Å². The average molecular weight is 454 g/mol. The number of benzene rings is 1. The Morgan fingerprint density at radius 2 is 1.91 bits per heavy atom. The lowest BCUT2D eigenvalue weighted by molar-refractivity contribution is -0.121. The summed E-state index contributed by atoms with van der Waals surface area (Å²) < 4.78 is 16.1. The largest absolute Gasteiger partial charge is 0.497 e. The van der Waals surface area contributed by atoms with E-state index >= 15 is 0 Å². The summed E-state index contributed by atoms with van der Waals surface area (Å²) in [6.07, 6.45) is 5.45. The summed E-state index contributed by atoms with van der Waals surface area (Å²) in [4.78, 5) is 24.2. The zero-order valence-corrected chi connectivity index (χ0v) is 19.5. The fraction of sp³-hybridized carbons (Fsp3) is 0.500. The number of amides is 1. The number of aryl methyl sites for hydroxylation is 2. The number of fused-ring (bicyclic) bond motifs is 1. The van der Waals surface area contributed by atoms with E-state index in [0.29, 0.717) is 36.0 Å². The van der Waals surface area contributed by atoms with Crippen molar-refractivity contribution in [1.29, 1.82) is 0 Å². The molecule has 33 heavy (non-hydrogen) atoms. The van der Waals surface area contributed by atoms with Crippen molar-refractivity contribution in [2.45, 2.75) is 52.0 Å². The Kier molecular flexibility index (Phi) is 7.26. The van der Waals surface area contributed by atoms with Crippen LogP contribution >= 0.6 is 0 Å². The van der Waals surface area contributed by atoms with Gasteiger partial charge in [-0.15, -0.1) is 0 Å². The quantitative estimate of drug-likeness (QED) is 0.552. The van der Waals surface area contributed by atoms with Gasteiger partial charge in [-0.05, 0) is 31.9 Å². The topological polar surface area (TPSA) is 103 Å². The van der Waals surface area contributed by atoms with Gasteiger partial charge in [-0.1, -0.05) is 18.0 Å². The minimum Gasteiger partial charge on any atom is -0.497 e. The molecule has 3 aromatic rings. The van der Waals surface area contributed by atoms with Crippen molar-refractivity contribution in [3.63, 3.8) is 0 Å².